The van der Waals surface area contributed by atoms with Crippen LogP contribution in [0, 0.1) is 12.3 Å². The lowest BCUT2D eigenvalue weighted by atomic mass is 9.92. The third-order valence-electron chi connectivity index (χ3n) is 4.05. The quantitative estimate of drug-likeness (QED) is 0.937. The number of imidazole rings is 1. The molecule has 2 heterocycles. The highest BCUT2D eigenvalue weighted by Crippen LogP contribution is 2.36. The van der Waals surface area contributed by atoms with Gasteiger partial charge in [0, 0.05) is 18.7 Å². The van der Waals surface area contributed by atoms with Gasteiger partial charge in [-0.2, -0.15) is 0 Å². The fourth-order valence-corrected chi connectivity index (χ4v) is 2.81. The second-order valence-electron chi connectivity index (χ2n) is 7.53. The van der Waals surface area contributed by atoms with E-state index in [4.69, 9.17) is 0 Å². The van der Waals surface area contributed by atoms with Crippen molar-refractivity contribution in [2.45, 2.75) is 59.4 Å². The van der Waals surface area contributed by atoms with Crippen molar-refractivity contribution in [1.82, 2.24) is 14.5 Å². The highest BCUT2D eigenvalue weighted by Gasteiger charge is 2.27. The number of nitrogens with one attached hydrogen (secondary N) is 1. The molecule has 0 aromatic carbocycles. The SMILES string of the molecule is Cc1cnc2c(c1)nc(NC(=O)CC(C)(C)C)n2C1CCC1. The monoisotopic (exact) mass is 300 g/mol. The number of aryl methyl sites for hydroxylation is 1. The van der Waals surface area contributed by atoms with E-state index >= 15 is 0 Å². The summed E-state index contributed by atoms with van der Waals surface area (Å²) in [5.41, 5.74) is 2.78. The molecule has 22 heavy (non-hydrogen) atoms. The molecular formula is C17H24N4O. The van der Waals surface area contributed by atoms with E-state index in [2.05, 4.69) is 40.6 Å². The maximum absolute atomic E-state index is 12.3. The molecule has 2 aromatic rings. The van der Waals surface area contributed by atoms with Gasteiger partial charge in [0.05, 0.1) is 0 Å². The highest BCUT2D eigenvalue weighted by atomic mass is 16.1. The van der Waals surface area contributed by atoms with Crippen molar-refractivity contribution < 1.29 is 4.79 Å². The number of anilines is 1. The number of carbonyl (C=O) groups is 1. The maximum atomic E-state index is 12.3. The summed E-state index contributed by atoms with van der Waals surface area (Å²) in [4.78, 5) is 21.4. The Kier molecular flexibility index (Phi) is 3.67. The van der Waals surface area contributed by atoms with Gasteiger partial charge in [0.25, 0.3) is 0 Å². The second-order valence-corrected chi connectivity index (χ2v) is 7.53. The van der Waals surface area contributed by atoms with Crippen LogP contribution >= 0.6 is 0 Å². The van der Waals surface area contributed by atoms with Crippen LogP contribution in [0.1, 0.15) is 58.1 Å². The van der Waals surface area contributed by atoms with Crippen molar-refractivity contribution in [3.8, 4) is 0 Å². The van der Waals surface area contributed by atoms with Crippen molar-refractivity contribution in [2.24, 2.45) is 5.41 Å². The van der Waals surface area contributed by atoms with Crippen molar-refractivity contribution in [1.29, 1.82) is 0 Å². The topological polar surface area (TPSA) is 59.8 Å². The average molecular weight is 300 g/mol. The Balaban J connectivity index is 1.95. The smallest absolute Gasteiger partial charge is 0.227 e. The molecule has 0 radical (unpaired) electrons. The molecule has 5 heteroatoms. The van der Waals surface area contributed by atoms with E-state index in [0.717, 1.165) is 29.6 Å². The number of nitrogens with zero attached hydrogens (tertiary/aromatic N) is 3. The van der Waals surface area contributed by atoms with Crippen LogP contribution in [0.3, 0.4) is 0 Å². The van der Waals surface area contributed by atoms with Crippen LogP contribution in [0.4, 0.5) is 5.95 Å². The third-order valence-corrected chi connectivity index (χ3v) is 4.05. The lowest BCUT2D eigenvalue weighted by molar-refractivity contribution is -0.117. The van der Waals surface area contributed by atoms with Gasteiger partial charge in [-0.25, -0.2) is 9.97 Å². The molecule has 1 fully saturated rings. The fraction of sp³-hybridized carbons (Fsp3) is 0.588. The number of aromatic nitrogens is 3. The largest absolute Gasteiger partial charge is 0.296 e. The Morgan fingerprint density at radius 2 is 2.14 bits per heavy atom. The Bertz CT molecular complexity index is 707. The molecule has 0 atom stereocenters. The zero-order chi connectivity index (χ0) is 15.9. The van der Waals surface area contributed by atoms with E-state index in [1.165, 1.54) is 6.42 Å². The molecule has 118 valence electrons. The summed E-state index contributed by atoms with van der Waals surface area (Å²) in [7, 11) is 0. The summed E-state index contributed by atoms with van der Waals surface area (Å²) in [5.74, 6) is 0.659. The van der Waals surface area contributed by atoms with Gasteiger partial charge in [-0.3, -0.25) is 14.7 Å². The van der Waals surface area contributed by atoms with Gasteiger partial charge in [0.1, 0.15) is 5.52 Å². The van der Waals surface area contributed by atoms with E-state index in [1.54, 1.807) is 0 Å². The third kappa shape index (κ3) is 2.98. The van der Waals surface area contributed by atoms with E-state index in [9.17, 15) is 4.79 Å². The Morgan fingerprint density at radius 1 is 1.41 bits per heavy atom. The molecule has 3 rings (SSSR count). The highest BCUT2D eigenvalue weighted by molar-refractivity contribution is 5.91. The standard InChI is InChI=1S/C17H24N4O/c1-11-8-13-15(18-10-11)21(12-6-5-7-12)16(19-13)20-14(22)9-17(2,3)4/h8,10,12H,5-7,9H2,1-4H3,(H,19,20,22). The molecule has 2 aromatic heterocycles. The summed E-state index contributed by atoms with van der Waals surface area (Å²) in [6.07, 6.45) is 5.82. The summed E-state index contributed by atoms with van der Waals surface area (Å²) in [5, 5.41) is 3.00. The first-order valence-electron chi connectivity index (χ1n) is 7.98. The maximum Gasteiger partial charge on any atom is 0.227 e. The lowest BCUT2D eigenvalue weighted by Gasteiger charge is -2.28. The second kappa shape index (κ2) is 5.38. The van der Waals surface area contributed by atoms with E-state index in [1.807, 2.05) is 19.2 Å². The van der Waals surface area contributed by atoms with Crippen LogP contribution in [-0.4, -0.2) is 20.4 Å². The molecule has 0 bridgehead atoms. The number of carbonyl (C=O) groups excluding carboxylic acids is 1. The number of hydrogen-bond donors (Lipinski definition) is 1. The number of fused-ring (bicyclic) bond motifs is 1. The van der Waals surface area contributed by atoms with E-state index in [-0.39, 0.29) is 11.3 Å². The first-order valence-corrected chi connectivity index (χ1v) is 7.98. The normalized spacial score (nSPS) is 15.8. The first-order chi connectivity index (χ1) is 10.3. The van der Waals surface area contributed by atoms with Crippen LogP contribution in [0.25, 0.3) is 11.2 Å². The molecule has 1 aliphatic rings. The van der Waals surface area contributed by atoms with E-state index in [0.29, 0.717) is 18.4 Å². The van der Waals surface area contributed by atoms with Crippen LogP contribution in [0.15, 0.2) is 12.3 Å². The van der Waals surface area contributed by atoms with Crippen LogP contribution in [-0.2, 0) is 4.79 Å². The van der Waals surface area contributed by atoms with Gasteiger partial charge in [0.2, 0.25) is 11.9 Å². The molecular weight excluding hydrogens is 276 g/mol. The van der Waals surface area contributed by atoms with Crippen molar-refractivity contribution in [2.75, 3.05) is 5.32 Å². The zero-order valence-electron chi connectivity index (χ0n) is 13.8. The van der Waals surface area contributed by atoms with Gasteiger partial charge in [-0.1, -0.05) is 20.8 Å². The molecule has 0 unspecified atom stereocenters. The molecule has 0 saturated heterocycles. The van der Waals surface area contributed by atoms with Gasteiger partial charge in [-0.15, -0.1) is 0 Å². The summed E-state index contributed by atoms with van der Waals surface area (Å²) in [6, 6.07) is 2.43. The van der Waals surface area contributed by atoms with E-state index < -0.39 is 0 Å². The predicted octanol–water partition coefficient (Wildman–Crippen LogP) is 3.84. The van der Waals surface area contributed by atoms with Crippen molar-refractivity contribution >= 4 is 23.0 Å². The number of hydrogen-bond acceptors (Lipinski definition) is 3. The lowest BCUT2D eigenvalue weighted by Crippen LogP contribution is -2.24. The summed E-state index contributed by atoms with van der Waals surface area (Å²) >= 11 is 0. The fourth-order valence-electron chi connectivity index (χ4n) is 2.81. The molecule has 5 nitrogen and oxygen atoms in total. The number of rotatable bonds is 3. The zero-order valence-corrected chi connectivity index (χ0v) is 13.8. The molecule has 1 amide bonds. The average Bonchev–Trinajstić information content (AvgIpc) is 2.62. The Labute approximate surface area is 131 Å². The summed E-state index contributed by atoms with van der Waals surface area (Å²) in [6.45, 7) is 8.19. The Hall–Kier alpha value is -1.91. The van der Waals surface area contributed by atoms with Crippen LogP contribution in [0.2, 0.25) is 0 Å². The van der Waals surface area contributed by atoms with Gasteiger partial charge < -0.3 is 0 Å². The minimum Gasteiger partial charge on any atom is -0.296 e. The first kappa shape index (κ1) is 15.0. The van der Waals surface area contributed by atoms with Crippen LogP contribution in [0.5, 0.6) is 0 Å². The minimum absolute atomic E-state index is 0.0140. The number of pyridine rings is 1. The van der Waals surface area contributed by atoms with Gasteiger partial charge in [0.15, 0.2) is 5.65 Å². The van der Waals surface area contributed by atoms with Gasteiger partial charge in [-0.05, 0) is 43.2 Å². The van der Waals surface area contributed by atoms with Crippen molar-refractivity contribution in [3.05, 3.63) is 17.8 Å². The van der Waals surface area contributed by atoms with Crippen molar-refractivity contribution in [3.63, 3.8) is 0 Å². The molecule has 0 spiro atoms. The van der Waals surface area contributed by atoms with Crippen LogP contribution < -0.4 is 5.32 Å². The molecule has 0 aliphatic heterocycles. The molecule has 1 N–H and O–H groups in total. The predicted molar refractivity (Wildman–Crippen MR) is 87.9 cm³/mol. The minimum atomic E-state index is -0.0355. The van der Waals surface area contributed by atoms with Gasteiger partial charge >= 0.3 is 0 Å². The molecule has 1 aliphatic carbocycles. The Morgan fingerprint density at radius 3 is 2.73 bits per heavy atom. The number of amides is 1. The molecule has 1 saturated carbocycles. The summed E-state index contributed by atoms with van der Waals surface area (Å²) < 4.78 is 2.11.